The van der Waals surface area contributed by atoms with E-state index in [2.05, 4.69) is 25.0 Å². The maximum Gasteiger partial charge on any atom is 0.276 e. The molecule has 2 aromatic carbocycles. The Hall–Kier alpha value is -3.46. The number of anilines is 2. The third-order valence-corrected chi connectivity index (χ3v) is 5.54. The van der Waals surface area contributed by atoms with Crippen molar-refractivity contribution < 1.29 is 13.2 Å². The van der Waals surface area contributed by atoms with Crippen LogP contribution in [0.2, 0.25) is 0 Å². The summed E-state index contributed by atoms with van der Waals surface area (Å²) in [6.45, 7) is 1.56. The molecule has 0 unspecified atom stereocenters. The topological polar surface area (TPSA) is 117 Å². The smallest absolute Gasteiger partial charge is 0.276 e. The van der Waals surface area contributed by atoms with Gasteiger partial charge in [-0.15, -0.1) is 0 Å². The first-order chi connectivity index (χ1) is 13.4. The van der Waals surface area contributed by atoms with Gasteiger partial charge in [0.2, 0.25) is 16.0 Å². The van der Waals surface area contributed by atoms with E-state index in [1.165, 1.54) is 0 Å². The quantitative estimate of drug-likeness (QED) is 0.480. The number of amides is 1. The molecule has 9 heteroatoms. The van der Waals surface area contributed by atoms with Gasteiger partial charge in [0.05, 0.1) is 22.5 Å². The van der Waals surface area contributed by atoms with Gasteiger partial charge < -0.3 is 4.98 Å². The van der Waals surface area contributed by atoms with Crippen molar-refractivity contribution >= 4 is 49.4 Å². The monoisotopic (exact) mass is 395 g/mol. The Labute approximate surface area is 161 Å². The number of nitrogens with one attached hydrogen (secondary N) is 3. The van der Waals surface area contributed by atoms with E-state index in [0.717, 1.165) is 10.8 Å². The first kappa shape index (κ1) is 17.9. The second kappa shape index (κ2) is 6.93. The van der Waals surface area contributed by atoms with Crippen molar-refractivity contribution in [2.75, 3.05) is 15.8 Å². The molecule has 0 saturated carbocycles. The Morgan fingerprint density at radius 2 is 1.89 bits per heavy atom. The largest absolute Gasteiger partial charge is 0.324 e. The summed E-state index contributed by atoms with van der Waals surface area (Å²) in [5.41, 5.74) is 1.89. The summed E-state index contributed by atoms with van der Waals surface area (Å²) in [5.74, 6) is -0.157. The lowest BCUT2D eigenvalue weighted by atomic mass is 10.1. The molecule has 4 rings (SSSR count). The molecule has 4 aromatic rings. The lowest BCUT2D eigenvalue weighted by molar-refractivity contribution is 0.102. The van der Waals surface area contributed by atoms with Gasteiger partial charge in [-0.3, -0.25) is 19.8 Å². The summed E-state index contributed by atoms with van der Waals surface area (Å²) >= 11 is 0. The first-order valence-corrected chi connectivity index (χ1v) is 10.3. The van der Waals surface area contributed by atoms with Gasteiger partial charge in [0.1, 0.15) is 5.69 Å². The van der Waals surface area contributed by atoms with E-state index in [9.17, 15) is 13.2 Å². The van der Waals surface area contributed by atoms with Crippen LogP contribution >= 0.6 is 0 Å². The zero-order chi connectivity index (χ0) is 19.7. The number of hydrogen-bond acceptors (Lipinski definition) is 5. The van der Waals surface area contributed by atoms with Crippen molar-refractivity contribution in [3.8, 4) is 0 Å². The van der Waals surface area contributed by atoms with Crippen LogP contribution in [0.4, 0.5) is 11.6 Å². The number of carbonyl (C=O) groups excluding carboxylic acids is 1. The normalized spacial score (nSPS) is 11.6. The molecule has 0 aliphatic rings. The van der Waals surface area contributed by atoms with Crippen LogP contribution in [-0.2, 0) is 10.0 Å². The molecule has 2 heterocycles. The van der Waals surface area contributed by atoms with Crippen LogP contribution in [0.5, 0.6) is 0 Å². The van der Waals surface area contributed by atoms with Crippen LogP contribution in [0.15, 0.2) is 54.7 Å². The van der Waals surface area contributed by atoms with Crippen molar-refractivity contribution in [1.82, 2.24) is 15.0 Å². The van der Waals surface area contributed by atoms with Crippen molar-refractivity contribution in [2.45, 2.75) is 6.92 Å². The zero-order valence-corrected chi connectivity index (χ0v) is 15.7. The van der Waals surface area contributed by atoms with Crippen LogP contribution in [-0.4, -0.2) is 35.0 Å². The van der Waals surface area contributed by atoms with Crippen LogP contribution in [0.1, 0.15) is 17.4 Å². The van der Waals surface area contributed by atoms with Crippen molar-refractivity contribution in [3.05, 3.63) is 60.4 Å². The Morgan fingerprint density at radius 3 is 2.68 bits per heavy atom. The summed E-state index contributed by atoms with van der Waals surface area (Å²) in [6, 6.07) is 14.3. The van der Waals surface area contributed by atoms with Crippen LogP contribution in [0, 0.1) is 0 Å². The average molecular weight is 395 g/mol. The number of fused-ring (bicyclic) bond motifs is 2. The first-order valence-electron chi connectivity index (χ1n) is 8.60. The Bertz CT molecular complexity index is 1300. The van der Waals surface area contributed by atoms with E-state index in [1.54, 1.807) is 37.4 Å². The third-order valence-electron chi connectivity index (χ3n) is 4.23. The minimum absolute atomic E-state index is 0.0198. The van der Waals surface area contributed by atoms with E-state index < -0.39 is 15.9 Å². The number of nitrogens with zero attached hydrogens (tertiary/aromatic N) is 2. The molecule has 28 heavy (non-hydrogen) atoms. The molecule has 2 aromatic heterocycles. The van der Waals surface area contributed by atoms with E-state index in [0.29, 0.717) is 16.7 Å². The number of carbonyl (C=O) groups is 1. The number of aromatic amines is 1. The van der Waals surface area contributed by atoms with E-state index in [4.69, 9.17) is 0 Å². The molecule has 0 saturated heterocycles. The Balaban J connectivity index is 1.57. The second-order valence-corrected chi connectivity index (χ2v) is 8.20. The van der Waals surface area contributed by atoms with Crippen LogP contribution < -0.4 is 10.0 Å². The number of hydrogen-bond donors (Lipinski definition) is 3. The van der Waals surface area contributed by atoms with Gasteiger partial charge in [0.25, 0.3) is 5.91 Å². The van der Waals surface area contributed by atoms with Crippen molar-refractivity contribution in [2.24, 2.45) is 0 Å². The highest BCUT2D eigenvalue weighted by Crippen LogP contribution is 2.20. The fraction of sp³-hybridized carbons (Fsp3) is 0.105. The van der Waals surface area contributed by atoms with Gasteiger partial charge >= 0.3 is 0 Å². The number of benzene rings is 2. The lowest BCUT2D eigenvalue weighted by Crippen LogP contribution is -2.14. The molecule has 1 amide bonds. The molecule has 0 spiro atoms. The van der Waals surface area contributed by atoms with Gasteiger partial charge in [0.15, 0.2) is 0 Å². The molecule has 142 valence electrons. The van der Waals surface area contributed by atoms with Crippen LogP contribution in [0.3, 0.4) is 0 Å². The number of rotatable bonds is 5. The number of pyridine rings is 1. The van der Waals surface area contributed by atoms with Gasteiger partial charge in [-0.05, 0) is 36.6 Å². The Kier molecular flexibility index (Phi) is 4.44. The molecule has 8 nitrogen and oxygen atoms in total. The molecule has 0 bridgehead atoms. The number of imidazole rings is 1. The Morgan fingerprint density at radius 1 is 1.11 bits per heavy atom. The summed E-state index contributed by atoms with van der Waals surface area (Å²) in [6.07, 6.45) is 1.65. The molecule has 0 aliphatic carbocycles. The third kappa shape index (κ3) is 3.65. The maximum absolute atomic E-state index is 12.5. The van der Waals surface area contributed by atoms with Crippen molar-refractivity contribution in [3.63, 3.8) is 0 Å². The lowest BCUT2D eigenvalue weighted by Gasteiger charge is -2.05. The fourth-order valence-electron chi connectivity index (χ4n) is 2.76. The summed E-state index contributed by atoms with van der Waals surface area (Å²) in [7, 11) is -3.37. The standard InChI is InChI=1S/C19H17N5O3S/c1-2-28(26,27)24-14-7-8-15-16(10-14)22-19(21-15)23-18(25)17-9-12-5-3-4-6-13(12)11-20-17/h3-11,24H,2H2,1H3,(H2,21,22,23,25). The molecular formula is C19H17N5O3S. The highest BCUT2D eigenvalue weighted by molar-refractivity contribution is 7.92. The van der Waals surface area contributed by atoms with Gasteiger partial charge in [-0.25, -0.2) is 13.4 Å². The van der Waals surface area contributed by atoms with Gasteiger partial charge in [-0.1, -0.05) is 24.3 Å². The van der Waals surface area contributed by atoms with E-state index >= 15 is 0 Å². The highest BCUT2D eigenvalue weighted by atomic mass is 32.2. The maximum atomic E-state index is 12.5. The molecule has 0 fully saturated rings. The molecular weight excluding hydrogens is 378 g/mol. The molecule has 0 atom stereocenters. The van der Waals surface area contributed by atoms with Gasteiger partial charge in [-0.2, -0.15) is 0 Å². The SMILES string of the molecule is CCS(=O)(=O)Nc1ccc2nc(NC(=O)c3cc4ccccc4cn3)[nH]c2c1. The summed E-state index contributed by atoms with van der Waals surface area (Å²) < 4.78 is 25.9. The summed E-state index contributed by atoms with van der Waals surface area (Å²) in [5, 5.41) is 4.55. The van der Waals surface area contributed by atoms with Crippen molar-refractivity contribution in [1.29, 1.82) is 0 Å². The van der Waals surface area contributed by atoms with E-state index in [1.807, 2.05) is 24.3 Å². The van der Waals surface area contributed by atoms with Gasteiger partial charge in [0, 0.05) is 11.6 Å². The highest BCUT2D eigenvalue weighted by Gasteiger charge is 2.13. The molecule has 3 N–H and O–H groups in total. The predicted molar refractivity (Wildman–Crippen MR) is 109 cm³/mol. The fourth-order valence-corrected chi connectivity index (χ4v) is 3.39. The molecule has 0 aliphatic heterocycles. The number of aromatic nitrogens is 3. The number of H-pyrrole nitrogens is 1. The molecule has 0 radical (unpaired) electrons. The number of sulfonamides is 1. The second-order valence-electron chi connectivity index (χ2n) is 6.19. The van der Waals surface area contributed by atoms with Crippen LogP contribution in [0.25, 0.3) is 21.8 Å². The zero-order valence-electron chi connectivity index (χ0n) is 14.9. The predicted octanol–water partition coefficient (Wildman–Crippen LogP) is 3.13. The summed E-state index contributed by atoms with van der Waals surface area (Å²) in [4.78, 5) is 24.0. The minimum atomic E-state index is -3.37. The average Bonchev–Trinajstić information content (AvgIpc) is 3.08. The van der Waals surface area contributed by atoms with E-state index in [-0.39, 0.29) is 17.4 Å². The minimum Gasteiger partial charge on any atom is -0.324 e.